The van der Waals surface area contributed by atoms with Gasteiger partial charge in [0.15, 0.2) is 0 Å². The van der Waals surface area contributed by atoms with Gasteiger partial charge < -0.3 is 0 Å². The van der Waals surface area contributed by atoms with Crippen LogP contribution in [-0.2, 0) is 0 Å². The zero-order valence-corrected chi connectivity index (χ0v) is 23.6. The van der Waals surface area contributed by atoms with Crippen molar-refractivity contribution in [3.05, 3.63) is 174 Å². The van der Waals surface area contributed by atoms with Gasteiger partial charge in [-0.15, -0.1) is 0 Å². The van der Waals surface area contributed by atoms with Crippen LogP contribution in [0.25, 0.3) is 38.7 Å². The zero-order chi connectivity index (χ0) is 26.8. The molecule has 0 spiro atoms. The summed E-state index contributed by atoms with van der Waals surface area (Å²) < 4.78 is 0. The van der Waals surface area contributed by atoms with Gasteiger partial charge in [-0.2, -0.15) is 0 Å². The smallest absolute Gasteiger partial charge is 0.0985 e. The summed E-state index contributed by atoms with van der Waals surface area (Å²) in [5, 5.41) is 3.01. The summed E-state index contributed by atoms with van der Waals surface area (Å²) in [4.78, 5) is 0. The van der Waals surface area contributed by atoms with Gasteiger partial charge in [0, 0.05) is 0 Å². The Labute approximate surface area is 233 Å². The third-order valence-electron chi connectivity index (χ3n) is 7.84. The average molecular weight is 517 g/mol. The molecule has 1 aliphatic heterocycles. The second kappa shape index (κ2) is 10.4. The largest absolute Gasteiger partial charge is 0.115 e. The molecule has 1 heteroatoms. The van der Waals surface area contributed by atoms with E-state index < -0.39 is 8.07 Å². The SMILES string of the molecule is C=Cc1ccc(-c2ccc(C3=C(c4ccccc4)C(c4ccccc4)=C(c4ccccc4)[Si]3(C)C)cc2)cc1. The molecule has 1 aliphatic rings. The Morgan fingerprint density at radius 3 is 1.15 bits per heavy atom. The van der Waals surface area contributed by atoms with Crippen molar-refractivity contribution in [1.29, 1.82) is 0 Å². The Morgan fingerprint density at radius 1 is 0.410 bits per heavy atom. The van der Waals surface area contributed by atoms with Crippen molar-refractivity contribution >= 4 is 35.7 Å². The van der Waals surface area contributed by atoms with E-state index in [1.807, 2.05) is 6.08 Å². The maximum atomic E-state index is 3.89. The van der Waals surface area contributed by atoms with E-state index in [4.69, 9.17) is 0 Å². The van der Waals surface area contributed by atoms with E-state index in [0.717, 1.165) is 5.56 Å². The van der Waals surface area contributed by atoms with Crippen LogP contribution in [-0.4, -0.2) is 8.07 Å². The van der Waals surface area contributed by atoms with Crippen molar-refractivity contribution in [2.24, 2.45) is 0 Å². The van der Waals surface area contributed by atoms with Gasteiger partial charge in [-0.05, 0) is 60.5 Å². The lowest BCUT2D eigenvalue weighted by Crippen LogP contribution is -2.28. The molecule has 0 radical (unpaired) electrons. The summed E-state index contributed by atoms with van der Waals surface area (Å²) in [6, 6.07) is 50.8. The van der Waals surface area contributed by atoms with E-state index in [9.17, 15) is 0 Å². The molecule has 6 rings (SSSR count). The summed E-state index contributed by atoms with van der Waals surface area (Å²) in [5.41, 5.74) is 11.6. The van der Waals surface area contributed by atoms with Crippen LogP contribution in [0.3, 0.4) is 0 Å². The monoisotopic (exact) mass is 516 g/mol. The first kappa shape index (κ1) is 24.8. The number of benzene rings is 5. The van der Waals surface area contributed by atoms with Gasteiger partial charge in [0.2, 0.25) is 0 Å². The lowest BCUT2D eigenvalue weighted by Gasteiger charge is -2.26. The van der Waals surface area contributed by atoms with E-state index in [-0.39, 0.29) is 0 Å². The van der Waals surface area contributed by atoms with Crippen LogP contribution in [0.4, 0.5) is 0 Å². The molecule has 5 aromatic rings. The molecular weight excluding hydrogens is 485 g/mol. The number of hydrogen-bond acceptors (Lipinski definition) is 0. The number of allylic oxidation sites excluding steroid dienone is 2. The lowest BCUT2D eigenvalue weighted by molar-refractivity contribution is 1.57. The summed E-state index contributed by atoms with van der Waals surface area (Å²) in [6.45, 7) is 8.92. The van der Waals surface area contributed by atoms with Crippen LogP contribution in [0, 0.1) is 0 Å². The fourth-order valence-corrected chi connectivity index (χ4v) is 9.86. The van der Waals surface area contributed by atoms with Gasteiger partial charge in [0.1, 0.15) is 8.07 Å². The molecule has 188 valence electrons. The van der Waals surface area contributed by atoms with Crippen LogP contribution < -0.4 is 0 Å². The molecule has 0 unspecified atom stereocenters. The van der Waals surface area contributed by atoms with Crippen molar-refractivity contribution in [3.63, 3.8) is 0 Å². The van der Waals surface area contributed by atoms with Gasteiger partial charge in [-0.3, -0.25) is 0 Å². The first-order chi connectivity index (χ1) is 19.1. The molecule has 0 bridgehead atoms. The van der Waals surface area contributed by atoms with E-state index in [2.05, 4.69) is 159 Å². The second-order valence-electron chi connectivity index (χ2n) is 10.6. The minimum absolute atomic E-state index is 1.14. The Kier molecular flexibility index (Phi) is 6.60. The van der Waals surface area contributed by atoms with Crippen molar-refractivity contribution in [2.75, 3.05) is 0 Å². The molecule has 0 saturated carbocycles. The molecule has 0 saturated heterocycles. The van der Waals surface area contributed by atoms with Gasteiger partial charge in [-0.1, -0.05) is 165 Å². The van der Waals surface area contributed by atoms with Crippen LogP contribution in [0.1, 0.15) is 27.8 Å². The molecule has 0 nitrogen and oxygen atoms in total. The van der Waals surface area contributed by atoms with Gasteiger partial charge in [0.25, 0.3) is 0 Å². The summed E-state index contributed by atoms with van der Waals surface area (Å²) >= 11 is 0. The first-order valence-corrected chi connectivity index (χ1v) is 16.6. The molecule has 0 fully saturated rings. The highest BCUT2D eigenvalue weighted by Gasteiger charge is 2.43. The standard InChI is InChI=1S/C38H32Si/c1-4-28-20-22-29(23-21-28)30-24-26-34(27-25-30)38-36(32-16-10-6-11-17-32)35(31-14-8-5-9-15-31)37(39(38,2)3)33-18-12-7-13-19-33/h4-27H,1H2,2-3H3. The maximum Gasteiger partial charge on any atom is 0.115 e. The molecule has 1 heterocycles. The summed E-state index contributed by atoms with van der Waals surface area (Å²) in [5.74, 6) is 0. The minimum Gasteiger partial charge on any atom is -0.0985 e. The van der Waals surface area contributed by atoms with Crippen molar-refractivity contribution in [2.45, 2.75) is 13.1 Å². The van der Waals surface area contributed by atoms with Gasteiger partial charge in [-0.25, -0.2) is 0 Å². The third kappa shape index (κ3) is 4.56. The minimum atomic E-state index is -2.13. The van der Waals surface area contributed by atoms with E-state index in [0.29, 0.717) is 0 Å². The first-order valence-electron chi connectivity index (χ1n) is 13.6. The Morgan fingerprint density at radius 2 is 0.744 bits per heavy atom. The molecule has 39 heavy (non-hydrogen) atoms. The normalized spacial score (nSPS) is 14.5. The van der Waals surface area contributed by atoms with Crippen molar-refractivity contribution < 1.29 is 0 Å². The van der Waals surface area contributed by atoms with Crippen LogP contribution in [0.2, 0.25) is 13.1 Å². The second-order valence-corrected chi connectivity index (χ2v) is 14.9. The predicted octanol–water partition coefficient (Wildman–Crippen LogP) is 10.3. The van der Waals surface area contributed by atoms with Crippen LogP contribution >= 0.6 is 0 Å². The molecule has 5 aromatic carbocycles. The Bertz CT molecular complexity index is 1670. The topological polar surface area (TPSA) is 0 Å². The zero-order valence-electron chi connectivity index (χ0n) is 22.6. The predicted molar refractivity (Wildman–Crippen MR) is 172 cm³/mol. The van der Waals surface area contributed by atoms with Crippen molar-refractivity contribution in [1.82, 2.24) is 0 Å². The van der Waals surface area contributed by atoms with Crippen LogP contribution in [0.5, 0.6) is 0 Å². The highest BCUT2D eigenvalue weighted by Crippen LogP contribution is 2.55. The molecule has 0 atom stereocenters. The molecule has 0 amide bonds. The van der Waals surface area contributed by atoms with E-state index in [1.165, 1.54) is 54.9 Å². The number of rotatable bonds is 6. The average Bonchev–Trinajstić information content (AvgIpc) is 3.25. The molecule has 0 N–H and O–H groups in total. The fraction of sp³-hybridized carbons (Fsp3) is 0.0526. The van der Waals surface area contributed by atoms with E-state index >= 15 is 0 Å². The summed E-state index contributed by atoms with van der Waals surface area (Å²) in [7, 11) is -2.13. The van der Waals surface area contributed by atoms with Gasteiger partial charge >= 0.3 is 0 Å². The highest BCUT2D eigenvalue weighted by molar-refractivity contribution is 7.13. The molecular formula is C38H32Si. The fourth-order valence-electron chi connectivity index (χ4n) is 6.04. The van der Waals surface area contributed by atoms with Crippen molar-refractivity contribution in [3.8, 4) is 11.1 Å². The summed E-state index contributed by atoms with van der Waals surface area (Å²) in [6.07, 6.45) is 1.89. The number of hydrogen-bond donors (Lipinski definition) is 0. The molecule has 0 aromatic heterocycles. The highest BCUT2D eigenvalue weighted by atomic mass is 28.3. The third-order valence-corrected chi connectivity index (χ3v) is 11.4. The van der Waals surface area contributed by atoms with Gasteiger partial charge in [0.05, 0.1) is 0 Å². The molecule has 0 aliphatic carbocycles. The van der Waals surface area contributed by atoms with E-state index in [1.54, 1.807) is 0 Å². The quantitative estimate of drug-likeness (QED) is 0.197. The Hall–Kier alpha value is -4.46. The lowest BCUT2D eigenvalue weighted by atomic mass is 9.89. The Balaban J connectivity index is 1.59. The maximum absolute atomic E-state index is 3.89. The van der Waals surface area contributed by atoms with Crippen LogP contribution in [0.15, 0.2) is 146 Å².